The maximum absolute atomic E-state index is 9.57. The third-order valence-electron chi connectivity index (χ3n) is 3.89. The maximum Gasteiger partial charge on any atom is 0.0621 e. The lowest BCUT2D eigenvalue weighted by molar-refractivity contribution is -0.0732. The first-order valence-electron chi connectivity index (χ1n) is 5.60. The minimum Gasteiger partial charge on any atom is -0.392 e. The highest BCUT2D eigenvalue weighted by atomic mass is 16.5. The van der Waals surface area contributed by atoms with Crippen LogP contribution >= 0.6 is 0 Å². The Kier molecular flexibility index (Phi) is 2.82. The molecule has 3 nitrogen and oxygen atoms in total. The lowest BCUT2D eigenvalue weighted by Crippen LogP contribution is -2.60. The Morgan fingerprint density at radius 1 is 1.50 bits per heavy atom. The molecule has 2 aliphatic rings. The standard InChI is InChI=1S/C11H21NO2/c1-11(2)9(5-10(11)13)12-6-8-3-4-14-7-8/h8-10,12-13H,3-7H2,1-2H3. The average Bonchev–Trinajstić information content (AvgIpc) is 2.64. The molecule has 0 radical (unpaired) electrons. The van der Waals surface area contributed by atoms with E-state index in [0.717, 1.165) is 26.2 Å². The van der Waals surface area contributed by atoms with Gasteiger partial charge in [-0.1, -0.05) is 13.8 Å². The zero-order valence-corrected chi connectivity index (χ0v) is 9.12. The third-order valence-corrected chi connectivity index (χ3v) is 3.89. The van der Waals surface area contributed by atoms with Gasteiger partial charge in [-0.15, -0.1) is 0 Å². The summed E-state index contributed by atoms with van der Waals surface area (Å²) >= 11 is 0. The first-order chi connectivity index (χ1) is 6.60. The Balaban J connectivity index is 1.71. The number of aliphatic hydroxyl groups is 1. The van der Waals surface area contributed by atoms with Gasteiger partial charge in [0.25, 0.3) is 0 Å². The molecule has 2 N–H and O–H groups in total. The van der Waals surface area contributed by atoms with Crippen molar-refractivity contribution >= 4 is 0 Å². The van der Waals surface area contributed by atoms with Crippen LogP contribution in [0, 0.1) is 11.3 Å². The van der Waals surface area contributed by atoms with E-state index in [9.17, 15) is 5.11 Å². The first-order valence-corrected chi connectivity index (χ1v) is 5.60. The topological polar surface area (TPSA) is 41.5 Å². The van der Waals surface area contributed by atoms with Crippen molar-refractivity contribution in [1.82, 2.24) is 5.32 Å². The summed E-state index contributed by atoms with van der Waals surface area (Å²) in [6.07, 6.45) is 1.96. The number of nitrogens with one attached hydrogen (secondary N) is 1. The first kappa shape index (κ1) is 10.4. The van der Waals surface area contributed by atoms with Crippen LogP contribution in [0.2, 0.25) is 0 Å². The molecule has 1 saturated carbocycles. The van der Waals surface area contributed by atoms with Gasteiger partial charge < -0.3 is 15.2 Å². The lowest BCUT2D eigenvalue weighted by Gasteiger charge is -2.50. The molecule has 0 spiro atoms. The van der Waals surface area contributed by atoms with Crippen LogP contribution in [-0.4, -0.2) is 37.0 Å². The molecule has 3 atom stereocenters. The SMILES string of the molecule is CC1(C)C(O)CC1NCC1CCOC1. The smallest absolute Gasteiger partial charge is 0.0621 e. The van der Waals surface area contributed by atoms with Crippen molar-refractivity contribution in [2.45, 2.75) is 38.8 Å². The molecule has 0 amide bonds. The van der Waals surface area contributed by atoms with Crippen molar-refractivity contribution in [2.75, 3.05) is 19.8 Å². The van der Waals surface area contributed by atoms with Crippen LogP contribution < -0.4 is 5.32 Å². The van der Waals surface area contributed by atoms with Crippen molar-refractivity contribution in [3.05, 3.63) is 0 Å². The predicted molar refractivity (Wildman–Crippen MR) is 55.1 cm³/mol. The fourth-order valence-corrected chi connectivity index (χ4v) is 2.30. The van der Waals surface area contributed by atoms with E-state index in [-0.39, 0.29) is 11.5 Å². The van der Waals surface area contributed by atoms with Gasteiger partial charge in [0.2, 0.25) is 0 Å². The van der Waals surface area contributed by atoms with Gasteiger partial charge in [-0.25, -0.2) is 0 Å². The van der Waals surface area contributed by atoms with E-state index in [0.29, 0.717) is 12.0 Å². The molecule has 1 aliphatic heterocycles. The quantitative estimate of drug-likeness (QED) is 0.705. The number of hydrogen-bond donors (Lipinski definition) is 2. The zero-order chi connectivity index (χ0) is 10.2. The minimum atomic E-state index is -0.125. The minimum absolute atomic E-state index is 0.0550. The van der Waals surface area contributed by atoms with Crippen molar-refractivity contribution in [2.24, 2.45) is 11.3 Å². The van der Waals surface area contributed by atoms with Crippen LogP contribution in [0.4, 0.5) is 0 Å². The Morgan fingerprint density at radius 2 is 2.29 bits per heavy atom. The van der Waals surface area contributed by atoms with Gasteiger partial charge in [-0.3, -0.25) is 0 Å². The fraction of sp³-hybridized carbons (Fsp3) is 1.00. The maximum atomic E-state index is 9.57. The van der Waals surface area contributed by atoms with E-state index in [2.05, 4.69) is 19.2 Å². The van der Waals surface area contributed by atoms with Crippen molar-refractivity contribution in [3.8, 4) is 0 Å². The van der Waals surface area contributed by atoms with E-state index in [1.807, 2.05) is 0 Å². The molecule has 3 unspecified atom stereocenters. The second-order valence-electron chi connectivity index (χ2n) is 5.26. The van der Waals surface area contributed by atoms with Crippen LogP contribution in [0.5, 0.6) is 0 Å². The van der Waals surface area contributed by atoms with Gasteiger partial charge in [0, 0.05) is 24.6 Å². The Bertz CT molecular complexity index is 199. The van der Waals surface area contributed by atoms with Gasteiger partial charge in [-0.2, -0.15) is 0 Å². The largest absolute Gasteiger partial charge is 0.392 e. The number of aliphatic hydroxyl groups excluding tert-OH is 1. The van der Waals surface area contributed by atoms with E-state index < -0.39 is 0 Å². The summed E-state index contributed by atoms with van der Waals surface area (Å²) in [5, 5.41) is 13.1. The fourth-order valence-electron chi connectivity index (χ4n) is 2.30. The van der Waals surface area contributed by atoms with Crippen molar-refractivity contribution < 1.29 is 9.84 Å². The normalized spacial score (nSPS) is 40.9. The summed E-state index contributed by atoms with van der Waals surface area (Å²) in [4.78, 5) is 0. The summed E-state index contributed by atoms with van der Waals surface area (Å²) in [6.45, 7) is 7.13. The number of rotatable bonds is 3. The molecule has 1 aliphatic carbocycles. The molecule has 0 bridgehead atoms. The van der Waals surface area contributed by atoms with Crippen LogP contribution in [0.15, 0.2) is 0 Å². The molecule has 0 aromatic heterocycles. The second kappa shape index (κ2) is 3.80. The predicted octanol–water partition coefficient (Wildman–Crippen LogP) is 0.772. The van der Waals surface area contributed by atoms with E-state index in [1.54, 1.807) is 0 Å². The highest BCUT2D eigenvalue weighted by Gasteiger charge is 2.46. The summed E-state index contributed by atoms with van der Waals surface area (Å²) in [5.41, 5.74) is 0.0550. The molecule has 3 heteroatoms. The highest BCUT2D eigenvalue weighted by Crippen LogP contribution is 2.40. The Labute approximate surface area is 85.8 Å². The van der Waals surface area contributed by atoms with Crippen LogP contribution in [0.25, 0.3) is 0 Å². The number of ether oxygens (including phenoxy) is 1. The third kappa shape index (κ3) is 1.81. The Morgan fingerprint density at radius 3 is 2.79 bits per heavy atom. The van der Waals surface area contributed by atoms with Gasteiger partial charge in [0.1, 0.15) is 0 Å². The molecule has 2 fully saturated rings. The summed E-state index contributed by atoms with van der Waals surface area (Å²) < 4.78 is 5.32. The van der Waals surface area contributed by atoms with Crippen LogP contribution in [-0.2, 0) is 4.74 Å². The zero-order valence-electron chi connectivity index (χ0n) is 9.12. The molecular weight excluding hydrogens is 178 g/mol. The Hall–Kier alpha value is -0.120. The molecule has 0 aromatic rings. The molecule has 14 heavy (non-hydrogen) atoms. The highest BCUT2D eigenvalue weighted by molar-refractivity contribution is 5.01. The molecular formula is C11H21NO2. The van der Waals surface area contributed by atoms with Crippen LogP contribution in [0.1, 0.15) is 26.7 Å². The summed E-state index contributed by atoms with van der Waals surface area (Å²) in [6, 6.07) is 0.484. The average molecular weight is 199 g/mol. The number of hydrogen-bond acceptors (Lipinski definition) is 3. The van der Waals surface area contributed by atoms with E-state index >= 15 is 0 Å². The van der Waals surface area contributed by atoms with Crippen molar-refractivity contribution in [3.63, 3.8) is 0 Å². The molecule has 1 saturated heterocycles. The van der Waals surface area contributed by atoms with E-state index in [4.69, 9.17) is 4.74 Å². The van der Waals surface area contributed by atoms with Crippen molar-refractivity contribution in [1.29, 1.82) is 0 Å². The van der Waals surface area contributed by atoms with Gasteiger partial charge in [0.15, 0.2) is 0 Å². The monoisotopic (exact) mass is 199 g/mol. The van der Waals surface area contributed by atoms with Gasteiger partial charge in [-0.05, 0) is 18.8 Å². The molecule has 0 aromatic carbocycles. The second-order valence-corrected chi connectivity index (χ2v) is 5.26. The summed E-state index contributed by atoms with van der Waals surface area (Å²) in [7, 11) is 0. The lowest BCUT2D eigenvalue weighted by atomic mass is 9.64. The molecule has 2 rings (SSSR count). The van der Waals surface area contributed by atoms with Gasteiger partial charge >= 0.3 is 0 Å². The van der Waals surface area contributed by atoms with E-state index in [1.165, 1.54) is 6.42 Å². The summed E-state index contributed by atoms with van der Waals surface area (Å²) in [5.74, 6) is 0.684. The molecule has 82 valence electrons. The van der Waals surface area contributed by atoms with Crippen LogP contribution in [0.3, 0.4) is 0 Å². The van der Waals surface area contributed by atoms with Gasteiger partial charge in [0.05, 0.1) is 12.7 Å². The molecule has 1 heterocycles.